The van der Waals surface area contributed by atoms with E-state index >= 15 is 0 Å². The highest BCUT2D eigenvalue weighted by molar-refractivity contribution is 5.96. The maximum Gasteiger partial charge on any atom is 0.251 e. The Bertz CT molecular complexity index is 1110. The molecule has 0 bridgehead atoms. The predicted octanol–water partition coefficient (Wildman–Crippen LogP) is 1.82. The number of rotatable bonds is 9. The van der Waals surface area contributed by atoms with Gasteiger partial charge in [0.25, 0.3) is 5.91 Å². The zero-order chi connectivity index (χ0) is 22.9. The number of benzene rings is 2. The van der Waals surface area contributed by atoms with E-state index in [0.717, 1.165) is 35.0 Å². The van der Waals surface area contributed by atoms with E-state index in [-0.39, 0.29) is 18.3 Å². The second kappa shape index (κ2) is 10.9. The average Bonchev–Trinajstić information content (AvgIpc) is 3.18. The number of amides is 2. The van der Waals surface area contributed by atoms with Gasteiger partial charge in [0.2, 0.25) is 5.91 Å². The fourth-order valence-electron chi connectivity index (χ4n) is 3.22. The van der Waals surface area contributed by atoms with E-state index < -0.39 is 5.91 Å². The summed E-state index contributed by atoms with van der Waals surface area (Å²) in [6, 6.07) is 11.7. The fourth-order valence-corrected chi connectivity index (χ4v) is 3.22. The summed E-state index contributed by atoms with van der Waals surface area (Å²) in [4.78, 5) is 30.4. The number of hydrogen-bond donors (Lipinski definition) is 5. The van der Waals surface area contributed by atoms with Crippen LogP contribution in [0.5, 0.6) is 0 Å². The molecule has 2 amide bonds. The highest BCUT2D eigenvalue weighted by atomic mass is 19.1. The summed E-state index contributed by atoms with van der Waals surface area (Å²) in [5.41, 5.74) is 8.31. The molecule has 0 saturated carbocycles. The normalized spacial score (nSPS) is 11.4. The van der Waals surface area contributed by atoms with Gasteiger partial charge in [-0.05, 0) is 54.8 Å². The van der Waals surface area contributed by atoms with Crippen molar-refractivity contribution in [1.29, 1.82) is 0 Å². The van der Waals surface area contributed by atoms with Crippen LogP contribution >= 0.6 is 0 Å². The number of aromatic nitrogens is 1. The number of carbonyl (C=O) groups is 2. The monoisotopic (exact) mass is 438 g/mol. The molecule has 6 N–H and O–H groups in total. The van der Waals surface area contributed by atoms with Crippen molar-refractivity contribution in [3.8, 4) is 0 Å². The molecular weight excluding hydrogens is 411 g/mol. The molecule has 0 spiro atoms. The zero-order valence-electron chi connectivity index (χ0n) is 17.9. The topological polar surface area (TPSA) is 124 Å². The lowest BCUT2D eigenvalue weighted by Crippen LogP contribution is -2.38. The predicted molar refractivity (Wildman–Crippen MR) is 123 cm³/mol. The summed E-state index contributed by atoms with van der Waals surface area (Å²) < 4.78 is 13.3. The number of nitrogens with zero attached hydrogens (tertiary/aromatic N) is 1. The number of hydrogen-bond acceptors (Lipinski definition) is 3. The van der Waals surface area contributed by atoms with Crippen LogP contribution in [0.4, 0.5) is 4.39 Å². The van der Waals surface area contributed by atoms with Crippen molar-refractivity contribution in [1.82, 2.24) is 20.9 Å². The number of aliphatic imine (C=N–C) groups is 1. The van der Waals surface area contributed by atoms with E-state index in [1.807, 2.05) is 25.3 Å². The van der Waals surface area contributed by atoms with Crippen LogP contribution in [0.15, 0.2) is 53.7 Å². The van der Waals surface area contributed by atoms with Gasteiger partial charge in [-0.3, -0.25) is 9.59 Å². The summed E-state index contributed by atoms with van der Waals surface area (Å²) in [5, 5.41) is 9.97. The van der Waals surface area contributed by atoms with E-state index in [9.17, 15) is 14.0 Å². The van der Waals surface area contributed by atoms with E-state index in [1.165, 1.54) is 12.1 Å². The van der Waals surface area contributed by atoms with Crippen LogP contribution in [0.1, 0.15) is 28.4 Å². The molecular formula is C23H27FN6O2. The first-order chi connectivity index (χ1) is 15.5. The summed E-state index contributed by atoms with van der Waals surface area (Å²) >= 11 is 0. The fraction of sp³-hybridized carbons (Fsp3) is 0.261. The molecule has 3 aromatic rings. The number of nitrogens with two attached hydrogens (primary N) is 1. The molecule has 168 valence electrons. The van der Waals surface area contributed by atoms with Crippen molar-refractivity contribution in [2.45, 2.75) is 19.9 Å². The third-order valence-corrected chi connectivity index (χ3v) is 4.82. The summed E-state index contributed by atoms with van der Waals surface area (Å²) in [7, 11) is 0. The van der Waals surface area contributed by atoms with Gasteiger partial charge in [-0.25, -0.2) is 9.38 Å². The van der Waals surface area contributed by atoms with Gasteiger partial charge in [0.15, 0.2) is 5.96 Å². The number of carbonyl (C=O) groups excluding carboxylic acids is 2. The van der Waals surface area contributed by atoms with Crippen molar-refractivity contribution < 1.29 is 14.0 Å². The largest absolute Gasteiger partial charge is 0.368 e. The molecule has 3 rings (SSSR count). The van der Waals surface area contributed by atoms with E-state index in [0.29, 0.717) is 24.6 Å². The minimum absolute atomic E-state index is 0.196. The van der Waals surface area contributed by atoms with E-state index in [4.69, 9.17) is 5.73 Å². The molecule has 8 nitrogen and oxygen atoms in total. The molecule has 0 atom stereocenters. The number of guanidine groups is 1. The average molecular weight is 439 g/mol. The lowest BCUT2D eigenvalue weighted by atomic mass is 10.1. The van der Waals surface area contributed by atoms with Crippen molar-refractivity contribution in [2.24, 2.45) is 10.7 Å². The van der Waals surface area contributed by atoms with Crippen LogP contribution in [-0.4, -0.2) is 42.4 Å². The zero-order valence-corrected chi connectivity index (χ0v) is 17.9. The Balaban J connectivity index is 1.55. The summed E-state index contributed by atoms with van der Waals surface area (Å²) in [5.74, 6) is -0.521. The Morgan fingerprint density at radius 1 is 1.09 bits per heavy atom. The maximum atomic E-state index is 13.3. The Kier molecular flexibility index (Phi) is 7.80. The van der Waals surface area contributed by atoms with Crippen molar-refractivity contribution in [3.05, 3.63) is 71.2 Å². The highest BCUT2D eigenvalue weighted by Crippen LogP contribution is 2.19. The molecule has 0 aliphatic carbocycles. The summed E-state index contributed by atoms with van der Waals surface area (Å²) in [6.45, 7) is 3.61. The maximum absolute atomic E-state index is 13.3. The molecule has 0 saturated heterocycles. The molecule has 2 aromatic carbocycles. The first-order valence-corrected chi connectivity index (χ1v) is 10.4. The number of primary amides is 1. The Labute approximate surface area is 185 Å². The minimum atomic E-state index is -0.591. The van der Waals surface area contributed by atoms with Gasteiger partial charge < -0.3 is 26.7 Å². The molecule has 0 radical (unpaired) electrons. The Hall–Kier alpha value is -3.88. The standard InChI is InChI=1S/C23H27FN6O2/c1-2-26-23(27-10-9-17-13-28-20-11-18(24)7-8-19(17)20)30-12-15-3-5-16(6-4-15)22(32)29-14-21(25)31/h3-8,11,13,28H,2,9-10,12,14H2,1H3,(H2,25,31)(H,29,32)(H2,26,27,30). The molecule has 0 unspecified atom stereocenters. The third-order valence-electron chi connectivity index (χ3n) is 4.82. The number of H-pyrrole nitrogens is 1. The smallest absolute Gasteiger partial charge is 0.251 e. The van der Waals surface area contributed by atoms with Gasteiger partial charge in [0, 0.05) is 35.8 Å². The Morgan fingerprint density at radius 3 is 2.59 bits per heavy atom. The molecule has 9 heteroatoms. The number of fused-ring (bicyclic) bond motifs is 1. The van der Waals surface area contributed by atoms with Gasteiger partial charge in [-0.15, -0.1) is 0 Å². The summed E-state index contributed by atoms with van der Waals surface area (Å²) in [6.07, 6.45) is 2.65. The lowest BCUT2D eigenvalue weighted by molar-refractivity contribution is -0.117. The first kappa shape index (κ1) is 22.8. The van der Waals surface area contributed by atoms with Gasteiger partial charge in [0.05, 0.1) is 13.1 Å². The Morgan fingerprint density at radius 2 is 1.88 bits per heavy atom. The molecule has 1 heterocycles. The van der Waals surface area contributed by atoms with Gasteiger partial charge in [-0.1, -0.05) is 12.1 Å². The second-order valence-electron chi connectivity index (χ2n) is 7.22. The van der Waals surface area contributed by atoms with Crippen LogP contribution in [0, 0.1) is 5.82 Å². The van der Waals surface area contributed by atoms with E-state index in [2.05, 4.69) is 25.9 Å². The molecule has 1 aromatic heterocycles. The third kappa shape index (κ3) is 6.31. The van der Waals surface area contributed by atoms with Gasteiger partial charge in [0.1, 0.15) is 5.82 Å². The molecule has 0 aliphatic heterocycles. The van der Waals surface area contributed by atoms with Crippen molar-refractivity contribution in [2.75, 3.05) is 19.6 Å². The highest BCUT2D eigenvalue weighted by Gasteiger charge is 2.07. The second-order valence-corrected chi connectivity index (χ2v) is 7.22. The number of aromatic amines is 1. The number of nitrogens with one attached hydrogen (secondary N) is 4. The van der Waals surface area contributed by atoms with Gasteiger partial charge >= 0.3 is 0 Å². The quantitative estimate of drug-likeness (QED) is 0.258. The SMILES string of the molecule is CCNC(=NCc1ccc(C(=O)NCC(N)=O)cc1)NCCc1c[nH]c2cc(F)ccc12. The number of halogens is 1. The van der Waals surface area contributed by atoms with Crippen molar-refractivity contribution >= 4 is 28.7 Å². The first-order valence-electron chi connectivity index (χ1n) is 10.4. The van der Waals surface area contributed by atoms with Gasteiger partial charge in [-0.2, -0.15) is 0 Å². The van der Waals surface area contributed by atoms with Crippen LogP contribution in [-0.2, 0) is 17.8 Å². The molecule has 0 fully saturated rings. The molecule has 32 heavy (non-hydrogen) atoms. The van der Waals surface area contributed by atoms with Crippen LogP contribution < -0.4 is 21.7 Å². The van der Waals surface area contributed by atoms with Crippen LogP contribution in [0.3, 0.4) is 0 Å². The molecule has 0 aliphatic rings. The minimum Gasteiger partial charge on any atom is -0.368 e. The van der Waals surface area contributed by atoms with Crippen LogP contribution in [0.2, 0.25) is 0 Å². The van der Waals surface area contributed by atoms with Crippen LogP contribution in [0.25, 0.3) is 10.9 Å². The van der Waals surface area contributed by atoms with E-state index in [1.54, 1.807) is 18.2 Å². The lowest BCUT2D eigenvalue weighted by Gasteiger charge is -2.11. The van der Waals surface area contributed by atoms with Crippen molar-refractivity contribution in [3.63, 3.8) is 0 Å².